The molecule has 1 aromatic heterocycles. The lowest BCUT2D eigenvalue weighted by Gasteiger charge is -2.10. The number of nitrogens with zero attached hydrogens (tertiary/aromatic N) is 2. The monoisotopic (exact) mass is 199 g/mol. The maximum atomic E-state index is 6.02. The second kappa shape index (κ2) is 4.67. The van der Waals surface area contributed by atoms with Crippen molar-refractivity contribution in [1.82, 2.24) is 9.59 Å². The van der Waals surface area contributed by atoms with Gasteiger partial charge in [0.05, 0.1) is 10.6 Å². The van der Waals surface area contributed by atoms with Gasteiger partial charge < -0.3 is 5.73 Å². The van der Waals surface area contributed by atoms with E-state index in [-0.39, 0.29) is 6.04 Å². The molecule has 13 heavy (non-hydrogen) atoms. The van der Waals surface area contributed by atoms with Crippen LogP contribution in [0, 0.1) is 12.8 Å². The molecule has 3 nitrogen and oxygen atoms in total. The molecule has 0 amide bonds. The minimum absolute atomic E-state index is 0.127. The number of nitrogens with two attached hydrogens (primary N) is 1. The fraction of sp³-hybridized carbons (Fsp3) is 0.778. The van der Waals surface area contributed by atoms with Crippen LogP contribution in [0.1, 0.15) is 43.3 Å². The Balaban J connectivity index is 2.49. The minimum atomic E-state index is 0.127. The summed E-state index contributed by atoms with van der Waals surface area (Å²) in [5.41, 5.74) is 7.01. The Hall–Kier alpha value is -0.480. The van der Waals surface area contributed by atoms with Gasteiger partial charge in [-0.2, -0.15) is 0 Å². The highest BCUT2D eigenvalue weighted by molar-refractivity contribution is 7.05. The smallest absolute Gasteiger partial charge is 0.0772 e. The summed E-state index contributed by atoms with van der Waals surface area (Å²) >= 11 is 1.42. The van der Waals surface area contributed by atoms with Gasteiger partial charge in [-0.25, -0.2) is 0 Å². The maximum Gasteiger partial charge on any atom is 0.0772 e. The lowest BCUT2D eigenvalue weighted by atomic mass is 10.0. The molecule has 1 unspecified atom stereocenters. The molecule has 0 saturated heterocycles. The van der Waals surface area contributed by atoms with Crippen LogP contribution in [0.25, 0.3) is 0 Å². The quantitative estimate of drug-likeness (QED) is 0.809. The van der Waals surface area contributed by atoms with E-state index in [1.54, 1.807) is 0 Å². The van der Waals surface area contributed by atoms with E-state index in [0.29, 0.717) is 5.92 Å². The topological polar surface area (TPSA) is 51.8 Å². The number of aromatic nitrogens is 2. The van der Waals surface area contributed by atoms with Gasteiger partial charge in [0.2, 0.25) is 0 Å². The van der Waals surface area contributed by atoms with Crippen molar-refractivity contribution in [2.24, 2.45) is 11.7 Å². The highest BCUT2D eigenvalue weighted by Gasteiger charge is 2.12. The lowest BCUT2D eigenvalue weighted by Crippen LogP contribution is -2.10. The van der Waals surface area contributed by atoms with Crippen LogP contribution in [0.4, 0.5) is 0 Å². The molecule has 0 aliphatic heterocycles. The van der Waals surface area contributed by atoms with E-state index >= 15 is 0 Å². The molecule has 0 bridgehead atoms. The van der Waals surface area contributed by atoms with Crippen LogP contribution >= 0.6 is 11.5 Å². The molecule has 74 valence electrons. The summed E-state index contributed by atoms with van der Waals surface area (Å²) in [6, 6.07) is 0.127. The Morgan fingerprint density at radius 3 is 2.54 bits per heavy atom. The fourth-order valence-electron chi connectivity index (χ4n) is 1.22. The first-order valence-electron chi connectivity index (χ1n) is 4.65. The first-order valence-corrected chi connectivity index (χ1v) is 5.43. The van der Waals surface area contributed by atoms with E-state index in [1.165, 1.54) is 18.0 Å². The van der Waals surface area contributed by atoms with E-state index in [9.17, 15) is 0 Å². The molecule has 0 aliphatic rings. The molecule has 0 aromatic carbocycles. The fourth-order valence-corrected chi connectivity index (χ4v) is 1.90. The Bertz CT molecular complexity index is 257. The molecule has 1 aromatic rings. The van der Waals surface area contributed by atoms with Gasteiger partial charge in [-0.15, -0.1) is 5.10 Å². The summed E-state index contributed by atoms with van der Waals surface area (Å²) in [5.74, 6) is 0.715. The van der Waals surface area contributed by atoms with Crippen molar-refractivity contribution < 1.29 is 0 Å². The number of hydrogen-bond acceptors (Lipinski definition) is 4. The van der Waals surface area contributed by atoms with Crippen molar-refractivity contribution in [1.29, 1.82) is 0 Å². The van der Waals surface area contributed by atoms with Crippen LogP contribution in [0.15, 0.2) is 0 Å². The van der Waals surface area contributed by atoms with Crippen molar-refractivity contribution >= 4 is 11.5 Å². The standard InChI is InChI=1S/C9H17N3S/c1-6(2)4-5-8(10)9-7(3)11-12-13-9/h6,8H,4-5,10H2,1-3H3. The van der Waals surface area contributed by atoms with Gasteiger partial charge in [-0.3, -0.25) is 0 Å². The van der Waals surface area contributed by atoms with E-state index in [2.05, 4.69) is 23.4 Å². The zero-order valence-corrected chi connectivity index (χ0v) is 9.27. The van der Waals surface area contributed by atoms with Crippen molar-refractivity contribution in [3.63, 3.8) is 0 Å². The van der Waals surface area contributed by atoms with Crippen molar-refractivity contribution in [2.75, 3.05) is 0 Å². The van der Waals surface area contributed by atoms with E-state index in [1.807, 2.05) is 6.92 Å². The van der Waals surface area contributed by atoms with Gasteiger partial charge in [-0.05, 0) is 37.2 Å². The number of hydrogen-bond donors (Lipinski definition) is 1. The first kappa shape index (κ1) is 10.6. The van der Waals surface area contributed by atoms with Gasteiger partial charge in [0.25, 0.3) is 0 Å². The molecule has 1 atom stereocenters. The van der Waals surface area contributed by atoms with Crippen LogP contribution in [-0.4, -0.2) is 9.59 Å². The summed E-state index contributed by atoms with van der Waals surface area (Å²) in [7, 11) is 0. The Morgan fingerprint density at radius 1 is 1.38 bits per heavy atom. The van der Waals surface area contributed by atoms with Crippen molar-refractivity contribution in [3.8, 4) is 0 Å². The SMILES string of the molecule is Cc1nnsc1C(N)CCC(C)C. The molecule has 0 spiro atoms. The third-order valence-electron chi connectivity index (χ3n) is 2.08. The Labute approximate surface area is 83.5 Å². The number of rotatable bonds is 4. The first-order chi connectivity index (χ1) is 6.11. The summed E-state index contributed by atoms with van der Waals surface area (Å²) in [6.07, 6.45) is 2.20. The van der Waals surface area contributed by atoms with Crippen LogP contribution in [-0.2, 0) is 0 Å². The third kappa shape index (κ3) is 3.04. The van der Waals surface area contributed by atoms with Crippen LogP contribution in [0.2, 0.25) is 0 Å². The molecule has 2 N–H and O–H groups in total. The Kier molecular flexibility index (Phi) is 3.81. The predicted molar refractivity (Wildman–Crippen MR) is 55.6 cm³/mol. The molecule has 4 heteroatoms. The predicted octanol–water partition coefficient (Wildman–Crippen LogP) is 2.28. The second-order valence-electron chi connectivity index (χ2n) is 3.80. The van der Waals surface area contributed by atoms with Gasteiger partial charge in [-0.1, -0.05) is 18.3 Å². The van der Waals surface area contributed by atoms with Crippen molar-refractivity contribution in [2.45, 2.75) is 39.7 Å². The van der Waals surface area contributed by atoms with Gasteiger partial charge in [0.1, 0.15) is 0 Å². The summed E-state index contributed by atoms with van der Waals surface area (Å²) in [4.78, 5) is 1.14. The molecule has 1 heterocycles. The van der Waals surface area contributed by atoms with Crippen molar-refractivity contribution in [3.05, 3.63) is 10.6 Å². The van der Waals surface area contributed by atoms with E-state index in [4.69, 9.17) is 5.73 Å². The zero-order chi connectivity index (χ0) is 9.84. The average molecular weight is 199 g/mol. The maximum absolute atomic E-state index is 6.02. The summed E-state index contributed by atoms with van der Waals surface area (Å²) < 4.78 is 3.88. The zero-order valence-electron chi connectivity index (χ0n) is 8.45. The molecular formula is C9H17N3S. The third-order valence-corrected chi connectivity index (χ3v) is 3.04. The van der Waals surface area contributed by atoms with Crippen LogP contribution < -0.4 is 5.73 Å². The highest BCUT2D eigenvalue weighted by atomic mass is 32.1. The minimum Gasteiger partial charge on any atom is -0.323 e. The molecule has 0 aliphatic carbocycles. The Morgan fingerprint density at radius 2 is 2.08 bits per heavy atom. The van der Waals surface area contributed by atoms with Gasteiger partial charge in [0, 0.05) is 6.04 Å². The van der Waals surface area contributed by atoms with E-state index < -0.39 is 0 Å². The second-order valence-corrected chi connectivity index (χ2v) is 4.59. The normalized spacial score (nSPS) is 13.6. The summed E-state index contributed by atoms with van der Waals surface area (Å²) in [6.45, 7) is 6.39. The molecule has 0 saturated carbocycles. The largest absolute Gasteiger partial charge is 0.323 e. The average Bonchev–Trinajstić information content (AvgIpc) is 2.47. The number of aryl methyl sites for hydroxylation is 1. The molecular weight excluding hydrogens is 182 g/mol. The van der Waals surface area contributed by atoms with Gasteiger partial charge in [0.15, 0.2) is 0 Å². The molecule has 0 fully saturated rings. The van der Waals surface area contributed by atoms with Gasteiger partial charge >= 0.3 is 0 Å². The van der Waals surface area contributed by atoms with Crippen LogP contribution in [0.3, 0.4) is 0 Å². The molecule has 1 rings (SSSR count). The van der Waals surface area contributed by atoms with Crippen LogP contribution in [0.5, 0.6) is 0 Å². The van der Waals surface area contributed by atoms with E-state index in [0.717, 1.165) is 17.0 Å². The summed E-state index contributed by atoms with van der Waals surface area (Å²) in [5, 5.41) is 3.95. The molecule has 0 radical (unpaired) electrons. The lowest BCUT2D eigenvalue weighted by molar-refractivity contribution is 0.509. The highest BCUT2D eigenvalue weighted by Crippen LogP contribution is 2.22.